The number of aromatic carboxylic acids is 1. The fourth-order valence-corrected chi connectivity index (χ4v) is 1.15. The Morgan fingerprint density at radius 1 is 1.40 bits per heavy atom. The van der Waals surface area contributed by atoms with Crippen molar-refractivity contribution in [2.24, 2.45) is 5.73 Å². The van der Waals surface area contributed by atoms with Crippen molar-refractivity contribution < 1.29 is 14.7 Å². The monoisotopic (exact) mass is 206 g/mol. The standard InChI is InChI=1S/C8H6N4O3/c9-6(13)4-1-10-7-5(8(14)15)2-11-12(7)3-4/h1-3H,(H2,9,13)(H,14,15). The lowest BCUT2D eigenvalue weighted by molar-refractivity contribution is 0.0698. The number of aromatic nitrogens is 3. The molecule has 76 valence electrons. The number of fused-ring (bicyclic) bond motifs is 1. The predicted molar refractivity (Wildman–Crippen MR) is 48.5 cm³/mol. The molecule has 0 radical (unpaired) electrons. The van der Waals surface area contributed by atoms with Crippen molar-refractivity contribution >= 4 is 17.5 Å². The highest BCUT2D eigenvalue weighted by Gasteiger charge is 2.13. The first-order chi connectivity index (χ1) is 7.09. The lowest BCUT2D eigenvalue weighted by Gasteiger charge is -1.96. The van der Waals surface area contributed by atoms with Gasteiger partial charge in [0.2, 0.25) is 0 Å². The zero-order valence-corrected chi connectivity index (χ0v) is 7.41. The van der Waals surface area contributed by atoms with Crippen LogP contribution in [0.15, 0.2) is 18.6 Å². The Morgan fingerprint density at radius 2 is 2.13 bits per heavy atom. The van der Waals surface area contributed by atoms with Crippen LogP contribution >= 0.6 is 0 Å². The van der Waals surface area contributed by atoms with E-state index in [1.54, 1.807) is 0 Å². The number of nitrogens with two attached hydrogens (primary N) is 1. The average Bonchev–Trinajstić information content (AvgIpc) is 2.59. The van der Waals surface area contributed by atoms with Gasteiger partial charge in [-0.05, 0) is 0 Å². The number of nitrogens with zero attached hydrogens (tertiary/aromatic N) is 3. The van der Waals surface area contributed by atoms with E-state index in [0.29, 0.717) is 0 Å². The highest BCUT2D eigenvalue weighted by molar-refractivity contribution is 5.95. The van der Waals surface area contributed by atoms with Crippen molar-refractivity contribution in [3.63, 3.8) is 0 Å². The van der Waals surface area contributed by atoms with Gasteiger partial charge in [0.15, 0.2) is 5.65 Å². The summed E-state index contributed by atoms with van der Waals surface area (Å²) in [6, 6.07) is 0. The number of carbonyl (C=O) groups is 2. The Balaban J connectivity index is 2.66. The predicted octanol–water partition coefficient (Wildman–Crippen LogP) is -0.474. The van der Waals surface area contributed by atoms with E-state index in [2.05, 4.69) is 10.1 Å². The topological polar surface area (TPSA) is 111 Å². The van der Waals surface area contributed by atoms with Crippen LogP contribution < -0.4 is 5.73 Å². The molecule has 0 aliphatic rings. The van der Waals surface area contributed by atoms with Crippen LogP contribution in [0.2, 0.25) is 0 Å². The van der Waals surface area contributed by atoms with Gasteiger partial charge in [-0.3, -0.25) is 4.79 Å². The maximum atomic E-state index is 10.8. The highest BCUT2D eigenvalue weighted by atomic mass is 16.4. The van der Waals surface area contributed by atoms with Crippen molar-refractivity contribution in [1.82, 2.24) is 14.6 Å². The van der Waals surface area contributed by atoms with Crippen LogP contribution in [-0.2, 0) is 0 Å². The lowest BCUT2D eigenvalue weighted by Crippen LogP contribution is -2.12. The molecular weight excluding hydrogens is 200 g/mol. The van der Waals surface area contributed by atoms with Gasteiger partial charge in [-0.15, -0.1) is 0 Å². The van der Waals surface area contributed by atoms with Crippen LogP contribution in [0.3, 0.4) is 0 Å². The van der Waals surface area contributed by atoms with E-state index in [0.717, 1.165) is 6.20 Å². The molecular formula is C8H6N4O3. The van der Waals surface area contributed by atoms with Crippen LogP contribution in [-0.4, -0.2) is 31.6 Å². The molecule has 7 heteroatoms. The summed E-state index contributed by atoms with van der Waals surface area (Å²) in [6.45, 7) is 0. The van der Waals surface area contributed by atoms with Gasteiger partial charge in [0.05, 0.1) is 11.8 Å². The number of hydrogen-bond donors (Lipinski definition) is 2. The van der Waals surface area contributed by atoms with Crippen LogP contribution in [0, 0.1) is 0 Å². The van der Waals surface area contributed by atoms with Gasteiger partial charge in [0.25, 0.3) is 5.91 Å². The molecule has 2 rings (SSSR count). The molecule has 0 saturated carbocycles. The smallest absolute Gasteiger partial charge is 0.341 e. The van der Waals surface area contributed by atoms with Crippen LogP contribution in [0.25, 0.3) is 5.65 Å². The number of carboxylic acid groups (broad SMARTS) is 1. The third-order valence-electron chi connectivity index (χ3n) is 1.87. The van der Waals surface area contributed by atoms with Crippen LogP contribution in [0.5, 0.6) is 0 Å². The zero-order chi connectivity index (χ0) is 11.0. The molecule has 0 aromatic carbocycles. The van der Waals surface area contributed by atoms with Gasteiger partial charge < -0.3 is 10.8 Å². The minimum absolute atomic E-state index is 0.0222. The second-order valence-corrected chi connectivity index (χ2v) is 2.84. The second kappa shape index (κ2) is 3.05. The average molecular weight is 206 g/mol. The molecule has 0 spiro atoms. The molecule has 0 aliphatic carbocycles. The van der Waals surface area contributed by atoms with Gasteiger partial charge in [-0.2, -0.15) is 5.10 Å². The van der Waals surface area contributed by atoms with Crippen molar-refractivity contribution in [1.29, 1.82) is 0 Å². The minimum atomic E-state index is -1.12. The Labute approximate surface area is 83.1 Å². The van der Waals surface area contributed by atoms with Crippen LogP contribution in [0.4, 0.5) is 0 Å². The Kier molecular flexibility index (Phi) is 1.86. The molecule has 0 unspecified atom stereocenters. The summed E-state index contributed by atoms with van der Waals surface area (Å²) in [7, 11) is 0. The molecule has 0 aliphatic heterocycles. The maximum Gasteiger partial charge on any atom is 0.341 e. The Hall–Kier alpha value is -2.44. The van der Waals surface area contributed by atoms with Gasteiger partial charge in [-0.1, -0.05) is 0 Å². The number of primary amides is 1. The van der Waals surface area contributed by atoms with Gasteiger partial charge in [0, 0.05) is 12.4 Å². The van der Waals surface area contributed by atoms with Gasteiger partial charge in [-0.25, -0.2) is 14.3 Å². The third kappa shape index (κ3) is 1.39. The lowest BCUT2D eigenvalue weighted by atomic mass is 10.3. The van der Waals surface area contributed by atoms with E-state index in [1.165, 1.54) is 16.9 Å². The minimum Gasteiger partial charge on any atom is -0.477 e. The van der Waals surface area contributed by atoms with E-state index >= 15 is 0 Å². The number of carboxylic acids is 1. The van der Waals surface area contributed by atoms with E-state index in [4.69, 9.17) is 10.8 Å². The summed E-state index contributed by atoms with van der Waals surface area (Å²) in [5.74, 6) is -1.76. The zero-order valence-electron chi connectivity index (χ0n) is 7.41. The van der Waals surface area contributed by atoms with Crippen molar-refractivity contribution in [3.8, 4) is 0 Å². The normalized spacial score (nSPS) is 10.4. The Bertz CT molecular complexity index is 560. The molecule has 0 fully saturated rings. The van der Waals surface area contributed by atoms with E-state index in [1.807, 2.05) is 0 Å². The molecule has 1 amide bonds. The molecule has 2 aromatic rings. The van der Waals surface area contributed by atoms with E-state index in [-0.39, 0.29) is 16.8 Å². The summed E-state index contributed by atoms with van der Waals surface area (Å²) in [5.41, 5.74) is 5.36. The number of hydrogen-bond acceptors (Lipinski definition) is 4. The molecule has 2 heterocycles. The quantitative estimate of drug-likeness (QED) is 0.689. The van der Waals surface area contributed by atoms with Crippen molar-refractivity contribution in [2.45, 2.75) is 0 Å². The van der Waals surface area contributed by atoms with Crippen molar-refractivity contribution in [3.05, 3.63) is 29.7 Å². The molecule has 0 bridgehead atoms. The molecule has 2 aromatic heterocycles. The summed E-state index contributed by atoms with van der Waals surface area (Å²) in [4.78, 5) is 25.3. The van der Waals surface area contributed by atoms with E-state index < -0.39 is 11.9 Å². The molecule has 15 heavy (non-hydrogen) atoms. The van der Waals surface area contributed by atoms with Gasteiger partial charge in [0.1, 0.15) is 5.56 Å². The first-order valence-electron chi connectivity index (χ1n) is 3.96. The Morgan fingerprint density at radius 3 is 2.73 bits per heavy atom. The van der Waals surface area contributed by atoms with Crippen molar-refractivity contribution in [2.75, 3.05) is 0 Å². The first kappa shape index (κ1) is 9.13. The SMILES string of the molecule is NC(=O)c1cnc2c(C(=O)O)cnn2c1. The summed E-state index contributed by atoms with van der Waals surface area (Å²) < 4.78 is 1.20. The number of amides is 1. The first-order valence-corrected chi connectivity index (χ1v) is 3.96. The molecule has 7 nitrogen and oxygen atoms in total. The molecule has 0 saturated heterocycles. The number of rotatable bonds is 2. The molecule has 3 N–H and O–H groups in total. The third-order valence-corrected chi connectivity index (χ3v) is 1.87. The fourth-order valence-electron chi connectivity index (χ4n) is 1.15. The highest BCUT2D eigenvalue weighted by Crippen LogP contribution is 2.08. The maximum absolute atomic E-state index is 10.8. The van der Waals surface area contributed by atoms with E-state index in [9.17, 15) is 9.59 Å². The second-order valence-electron chi connectivity index (χ2n) is 2.84. The summed E-state index contributed by atoms with van der Waals surface area (Å²) in [5, 5.41) is 12.5. The largest absolute Gasteiger partial charge is 0.477 e. The van der Waals surface area contributed by atoms with Crippen LogP contribution in [0.1, 0.15) is 20.7 Å². The molecule has 0 atom stereocenters. The van der Waals surface area contributed by atoms with Gasteiger partial charge >= 0.3 is 5.97 Å². The fraction of sp³-hybridized carbons (Fsp3) is 0. The summed E-state index contributed by atoms with van der Waals surface area (Å²) in [6.07, 6.45) is 3.71. The summed E-state index contributed by atoms with van der Waals surface area (Å²) >= 11 is 0. The number of carbonyl (C=O) groups excluding carboxylic acids is 1.